The molecule has 3 N–H and O–H groups in total. The number of hydrogen-bond acceptors (Lipinski definition) is 6. The molecule has 15 heavy (non-hydrogen) atoms. The van der Waals surface area contributed by atoms with E-state index >= 15 is 0 Å². The van der Waals surface area contributed by atoms with Gasteiger partial charge in [0.25, 0.3) is 0 Å². The first-order chi connectivity index (χ1) is 7.29. The lowest BCUT2D eigenvalue weighted by Gasteiger charge is -2.10. The molecule has 0 bridgehead atoms. The lowest BCUT2D eigenvalue weighted by atomic mass is 10.4. The molecule has 0 unspecified atom stereocenters. The summed E-state index contributed by atoms with van der Waals surface area (Å²) < 4.78 is 10.1. The minimum atomic E-state index is 0.410. The van der Waals surface area contributed by atoms with Crippen LogP contribution in [0.2, 0.25) is 0 Å². The van der Waals surface area contributed by atoms with E-state index in [4.69, 9.17) is 15.2 Å². The van der Waals surface area contributed by atoms with Gasteiger partial charge in [-0.1, -0.05) is 0 Å². The zero-order valence-corrected chi connectivity index (χ0v) is 8.99. The Balaban J connectivity index is 2.66. The van der Waals surface area contributed by atoms with E-state index in [9.17, 15) is 0 Å². The van der Waals surface area contributed by atoms with Gasteiger partial charge in [0.1, 0.15) is 12.0 Å². The largest absolute Gasteiger partial charge is 0.476 e. The van der Waals surface area contributed by atoms with Crippen molar-refractivity contribution in [2.75, 3.05) is 37.9 Å². The molecule has 1 heterocycles. The minimum Gasteiger partial charge on any atom is -0.476 e. The average Bonchev–Trinajstić information content (AvgIpc) is 2.24. The molecule has 6 nitrogen and oxygen atoms in total. The van der Waals surface area contributed by atoms with Crippen LogP contribution >= 0.6 is 0 Å². The summed E-state index contributed by atoms with van der Waals surface area (Å²) in [5, 5.41) is 3.03. The number of ether oxygens (including phenoxy) is 2. The standard InChI is InChI=1S/C9H16N4O2/c1-3-15-9-7(10)8(12-6-13-9)11-4-5-14-2/h6H,3-5,10H2,1-2H3,(H,11,12,13). The van der Waals surface area contributed by atoms with Crippen molar-refractivity contribution in [2.45, 2.75) is 6.92 Å². The Morgan fingerprint density at radius 2 is 2.27 bits per heavy atom. The van der Waals surface area contributed by atoms with Gasteiger partial charge in [-0.15, -0.1) is 0 Å². The summed E-state index contributed by atoms with van der Waals surface area (Å²) in [7, 11) is 1.64. The molecule has 84 valence electrons. The van der Waals surface area contributed by atoms with Crippen molar-refractivity contribution >= 4 is 11.5 Å². The van der Waals surface area contributed by atoms with Gasteiger partial charge < -0.3 is 20.5 Å². The van der Waals surface area contributed by atoms with Crippen LogP contribution in [0.5, 0.6) is 5.88 Å². The predicted molar refractivity (Wildman–Crippen MR) is 58.0 cm³/mol. The van der Waals surface area contributed by atoms with Crippen LogP contribution in [0, 0.1) is 0 Å². The Morgan fingerprint density at radius 1 is 1.47 bits per heavy atom. The van der Waals surface area contributed by atoms with E-state index in [1.807, 2.05) is 6.92 Å². The van der Waals surface area contributed by atoms with Crippen molar-refractivity contribution in [2.24, 2.45) is 0 Å². The van der Waals surface area contributed by atoms with Gasteiger partial charge in [-0.25, -0.2) is 4.98 Å². The third-order valence-electron chi connectivity index (χ3n) is 1.73. The van der Waals surface area contributed by atoms with E-state index in [0.29, 0.717) is 37.1 Å². The van der Waals surface area contributed by atoms with Crippen molar-refractivity contribution in [3.63, 3.8) is 0 Å². The maximum absolute atomic E-state index is 5.80. The molecule has 0 saturated carbocycles. The Hall–Kier alpha value is -1.56. The number of nitrogens with one attached hydrogen (secondary N) is 1. The van der Waals surface area contributed by atoms with Gasteiger partial charge in [-0.3, -0.25) is 0 Å². The molecule has 0 fully saturated rings. The van der Waals surface area contributed by atoms with Gasteiger partial charge in [0, 0.05) is 13.7 Å². The van der Waals surface area contributed by atoms with Crippen molar-refractivity contribution in [1.29, 1.82) is 0 Å². The molecular formula is C9H16N4O2. The van der Waals surface area contributed by atoms with Gasteiger partial charge in [0.2, 0.25) is 5.88 Å². The molecule has 0 aliphatic heterocycles. The summed E-state index contributed by atoms with van der Waals surface area (Å²) in [6.07, 6.45) is 1.41. The zero-order chi connectivity index (χ0) is 11.1. The van der Waals surface area contributed by atoms with Crippen molar-refractivity contribution in [3.8, 4) is 5.88 Å². The lowest BCUT2D eigenvalue weighted by molar-refractivity contribution is 0.210. The van der Waals surface area contributed by atoms with Gasteiger partial charge >= 0.3 is 0 Å². The number of hydrogen-bond donors (Lipinski definition) is 2. The van der Waals surface area contributed by atoms with E-state index in [1.54, 1.807) is 7.11 Å². The molecule has 1 aromatic heterocycles. The van der Waals surface area contributed by atoms with E-state index in [-0.39, 0.29) is 0 Å². The van der Waals surface area contributed by atoms with Gasteiger partial charge in [0.05, 0.1) is 13.2 Å². The lowest BCUT2D eigenvalue weighted by Crippen LogP contribution is -2.12. The summed E-state index contributed by atoms with van der Waals surface area (Å²) in [5.74, 6) is 0.984. The van der Waals surface area contributed by atoms with Gasteiger partial charge in [-0.2, -0.15) is 4.98 Å². The maximum Gasteiger partial charge on any atom is 0.242 e. The normalized spacial score (nSPS) is 10.0. The monoisotopic (exact) mass is 212 g/mol. The molecule has 1 aromatic rings. The number of methoxy groups -OCH3 is 1. The molecule has 1 rings (SSSR count). The van der Waals surface area contributed by atoms with Crippen LogP contribution in [0.4, 0.5) is 11.5 Å². The van der Waals surface area contributed by atoms with Crippen LogP contribution in [0.25, 0.3) is 0 Å². The molecule has 0 aliphatic carbocycles. The van der Waals surface area contributed by atoms with Gasteiger partial charge in [0.15, 0.2) is 5.82 Å². The van der Waals surface area contributed by atoms with E-state index in [2.05, 4.69) is 15.3 Å². The molecule has 6 heteroatoms. The zero-order valence-electron chi connectivity index (χ0n) is 8.99. The van der Waals surface area contributed by atoms with Crippen LogP contribution in [0.15, 0.2) is 6.33 Å². The third-order valence-corrected chi connectivity index (χ3v) is 1.73. The highest BCUT2D eigenvalue weighted by Crippen LogP contribution is 2.23. The first-order valence-corrected chi connectivity index (χ1v) is 4.75. The number of nitrogen functional groups attached to an aromatic ring is 1. The third kappa shape index (κ3) is 3.25. The number of rotatable bonds is 6. The SMILES string of the molecule is CCOc1ncnc(NCCOC)c1N. The summed E-state index contributed by atoms with van der Waals surface area (Å²) in [6, 6.07) is 0. The average molecular weight is 212 g/mol. The second-order valence-electron chi connectivity index (χ2n) is 2.79. The first-order valence-electron chi connectivity index (χ1n) is 4.75. The fourth-order valence-corrected chi connectivity index (χ4v) is 1.04. The van der Waals surface area contributed by atoms with E-state index < -0.39 is 0 Å². The summed E-state index contributed by atoms with van der Waals surface area (Å²) in [6.45, 7) is 3.63. The topological polar surface area (TPSA) is 82.3 Å². The quantitative estimate of drug-likeness (QED) is 0.669. The molecule has 0 radical (unpaired) electrons. The summed E-state index contributed by atoms with van der Waals surface area (Å²) >= 11 is 0. The summed E-state index contributed by atoms with van der Waals surface area (Å²) in [4.78, 5) is 7.94. The molecule has 0 amide bonds. The Kier molecular flexibility index (Phi) is 4.62. The van der Waals surface area contributed by atoms with Crippen molar-refractivity contribution < 1.29 is 9.47 Å². The molecule has 0 aromatic carbocycles. The Morgan fingerprint density at radius 3 is 2.93 bits per heavy atom. The van der Waals surface area contributed by atoms with E-state index in [1.165, 1.54) is 6.33 Å². The second-order valence-corrected chi connectivity index (χ2v) is 2.79. The highest BCUT2D eigenvalue weighted by atomic mass is 16.5. The Bertz CT molecular complexity index is 306. The molecule has 0 aliphatic rings. The molecular weight excluding hydrogens is 196 g/mol. The van der Waals surface area contributed by atoms with Crippen LogP contribution in [-0.4, -0.2) is 36.8 Å². The van der Waals surface area contributed by atoms with Crippen molar-refractivity contribution in [3.05, 3.63) is 6.33 Å². The van der Waals surface area contributed by atoms with E-state index in [0.717, 1.165) is 0 Å². The summed E-state index contributed by atoms with van der Waals surface area (Å²) in [5.41, 5.74) is 6.22. The highest BCUT2D eigenvalue weighted by Gasteiger charge is 2.07. The van der Waals surface area contributed by atoms with Crippen LogP contribution < -0.4 is 15.8 Å². The smallest absolute Gasteiger partial charge is 0.242 e. The fraction of sp³-hybridized carbons (Fsp3) is 0.556. The minimum absolute atomic E-state index is 0.410. The van der Waals surface area contributed by atoms with Crippen LogP contribution in [-0.2, 0) is 4.74 Å². The number of nitrogens with two attached hydrogens (primary N) is 1. The first kappa shape index (κ1) is 11.5. The van der Waals surface area contributed by atoms with Crippen molar-refractivity contribution in [1.82, 2.24) is 9.97 Å². The number of anilines is 2. The molecule has 0 saturated heterocycles. The highest BCUT2D eigenvalue weighted by molar-refractivity contribution is 5.66. The number of aromatic nitrogens is 2. The van der Waals surface area contributed by atoms with Gasteiger partial charge in [-0.05, 0) is 6.92 Å². The maximum atomic E-state index is 5.80. The fourth-order valence-electron chi connectivity index (χ4n) is 1.04. The Labute approximate surface area is 88.8 Å². The van der Waals surface area contributed by atoms with Crippen LogP contribution in [0.1, 0.15) is 6.92 Å². The van der Waals surface area contributed by atoms with Crippen LogP contribution in [0.3, 0.4) is 0 Å². The molecule has 0 spiro atoms. The molecule has 0 atom stereocenters. The predicted octanol–water partition coefficient (Wildman–Crippen LogP) is 0.516. The number of nitrogens with zero attached hydrogens (tertiary/aromatic N) is 2. The second kappa shape index (κ2) is 6.02.